The molecule has 1 aliphatic rings. The summed E-state index contributed by atoms with van der Waals surface area (Å²) in [4.78, 5) is 21.8. The maximum absolute atomic E-state index is 13.5. The lowest BCUT2D eigenvalue weighted by Gasteiger charge is -2.12. The Morgan fingerprint density at radius 3 is 2.49 bits per heavy atom. The maximum atomic E-state index is 13.5. The molecule has 2 heterocycles. The Kier molecular flexibility index (Phi) is 6.46. The highest BCUT2D eigenvalue weighted by Gasteiger charge is 2.64. The fraction of sp³-hybridized carbons (Fsp3) is 0.194. The van der Waals surface area contributed by atoms with E-state index in [2.05, 4.69) is 10.6 Å². The molecule has 7 rings (SSSR count). The lowest BCUT2D eigenvalue weighted by atomic mass is 10.0. The zero-order chi connectivity index (χ0) is 29.7. The summed E-state index contributed by atoms with van der Waals surface area (Å²) in [6.45, 7) is 4.80. The van der Waals surface area contributed by atoms with E-state index in [9.17, 15) is 14.3 Å². The third kappa shape index (κ3) is 5.01. The average Bonchev–Trinajstić information content (AvgIpc) is 3.43. The van der Waals surface area contributed by atoms with Gasteiger partial charge in [-0.05, 0) is 64.6 Å². The Labute approximate surface area is 248 Å². The number of pyridine rings is 1. The molecule has 0 aliphatic heterocycles. The maximum Gasteiger partial charge on any atom is 0.307 e. The van der Waals surface area contributed by atoms with E-state index < -0.39 is 17.3 Å². The molecule has 0 radical (unpaired) electrons. The van der Waals surface area contributed by atoms with Crippen LogP contribution in [0.15, 0.2) is 103 Å². The molecule has 0 spiro atoms. The lowest BCUT2D eigenvalue weighted by molar-refractivity contribution is -0.139. The van der Waals surface area contributed by atoms with E-state index in [4.69, 9.17) is 14.7 Å². The SMILES string of the molecule is CC1(C)[C@H](C(=O)O)[C@@H]1c1nc2cc(OCc3ccc4ccccc4n3)ccc2n1Cc1cccc(-c2ccc(F)cc2)c1. The number of halogens is 1. The van der Waals surface area contributed by atoms with Crippen LogP contribution in [0.1, 0.15) is 36.8 Å². The van der Waals surface area contributed by atoms with Crippen molar-refractivity contribution in [2.45, 2.75) is 32.9 Å². The first kappa shape index (κ1) is 26.8. The van der Waals surface area contributed by atoms with E-state index in [1.165, 1.54) is 12.1 Å². The number of aliphatic carboxylic acids is 1. The Morgan fingerprint density at radius 1 is 0.884 bits per heavy atom. The van der Waals surface area contributed by atoms with Crippen LogP contribution in [0.3, 0.4) is 0 Å². The van der Waals surface area contributed by atoms with Gasteiger partial charge in [-0.25, -0.2) is 14.4 Å². The number of hydrogen-bond donors (Lipinski definition) is 1. The minimum absolute atomic E-state index is 0.219. The van der Waals surface area contributed by atoms with Gasteiger partial charge in [-0.3, -0.25) is 4.79 Å². The number of benzene rings is 4. The molecule has 6 nitrogen and oxygen atoms in total. The van der Waals surface area contributed by atoms with Crippen LogP contribution in [0.25, 0.3) is 33.1 Å². The summed E-state index contributed by atoms with van der Waals surface area (Å²) in [6.07, 6.45) is 0. The van der Waals surface area contributed by atoms with Crippen molar-refractivity contribution in [3.63, 3.8) is 0 Å². The molecular formula is C36H30FN3O3. The molecule has 0 bridgehead atoms. The molecule has 1 aliphatic carbocycles. The number of rotatable bonds is 8. The molecule has 4 aromatic carbocycles. The summed E-state index contributed by atoms with van der Waals surface area (Å²) in [5.41, 5.74) is 5.94. The van der Waals surface area contributed by atoms with Gasteiger partial charge in [-0.1, -0.05) is 68.4 Å². The van der Waals surface area contributed by atoms with Gasteiger partial charge in [0.2, 0.25) is 0 Å². The summed E-state index contributed by atoms with van der Waals surface area (Å²) < 4.78 is 21.8. The summed E-state index contributed by atoms with van der Waals surface area (Å²) in [6, 6.07) is 32.4. The topological polar surface area (TPSA) is 77.2 Å². The molecule has 0 unspecified atom stereocenters. The molecule has 0 amide bonds. The monoisotopic (exact) mass is 571 g/mol. The first-order valence-electron chi connectivity index (χ1n) is 14.3. The zero-order valence-electron chi connectivity index (χ0n) is 23.9. The van der Waals surface area contributed by atoms with Crippen LogP contribution in [0, 0.1) is 17.2 Å². The predicted octanol–water partition coefficient (Wildman–Crippen LogP) is 7.84. The fourth-order valence-electron chi connectivity index (χ4n) is 6.22. The Balaban J connectivity index is 1.22. The second-order valence-electron chi connectivity index (χ2n) is 11.8. The van der Waals surface area contributed by atoms with Crippen molar-refractivity contribution in [3.05, 3.63) is 126 Å². The summed E-state index contributed by atoms with van der Waals surface area (Å²) in [5.74, 6) is -0.382. The van der Waals surface area contributed by atoms with Crippen LogP contribution in [0.5, 0.6) is 5.75 Å². The highest BCUT2D eigenvalue weighted by molar-refractivity contribution is 5.81. The van der Waals surface area contributed by atoms with Crippen LogP contribution in [-0.2, 0) is 17.9 Å². The standard InChI is InChI=1S/C36H30FN3O3/c1-36(2)32(33(36)35(41)42)34-39-30-19-28(43-21-27-15-12-24-7-3-4-9-29(24)38-27)16-17-31(30)40(34)20-22-6-5-8-25(18-22)23-10-13-26(37)14-11-23/h3-19,32-33H,20-21H2,1-2H3,(H,41,42)/t32-,33+/m1/s1. The molecular weight excluding hydrogens is 541 g/mol. The fourth-order valence-corrected chi connectivity index (χ4v) is 6.22. The molecule has 2 aromatic heterocycles. The lowest BCUT2D eigenvalue weighted by Crippen LogP contribution is -2.07. The Hall–Kier alpha value is -5.04. The normalized spacial score (nSPS) is 17.3. The van der Waals surface area contributed by atoms with Gasteiger partial charge >= 0.3 is 5.97 Å². The number of ether oxygens (including phenoxy) is 1. The Morgan fingerprint density at radius 2 is 1.70 bits per heavy atom. The van der Waals surface area contributed by atoms with Crippen LogP contribution in [0.2, 0.25) is 0 Å². The Bertz CT molecular complexity index is 2000. The van der Waals surface area contributed by atoms with Crippen molar-refractivity contribution in [1.82, 2.24) is 14.5 Å². The minimum Gasteiger partial charge on any atom is -0.487 e. The van der Waals surface area contributed by atoms with Gasteiger partial charge in [0.05, 0.1) is 28.2 Å². The summed E-state index contributed by atoms with van der Waals surface area (Å²) >= 11 is 0. The van der Waals surface area contributed by atoms with Gasteiger partial charge in [-0.2, -0.15) is 0 Å². The molecule has 214 valence electrons. The molecule has 0 saturated heterocycles. The van der Waals surface area contributed by atoms with E-state index >= 15 is 0 Å². The molecule has 1 fully saturated rings. The van der Waals surface area contributed by atoms with E-state index in [0.717, 1.165) is 50.1 Å². The molecule has 1 N–H and O–H groups in total. The van der Waals surface area contributed by atoms with Crippen molar-refractivity contribution in [2.75, 3.05) is 0 Å². The van der Waals surface area contributed by atoms with Crippen molar-refractivity contribution in [3.8, 4) is 16.9 Å². The second-order valence-corrected chi connectivity index (χ2v) is 11.8. The summed E-state index contributed by atoms with van der Waals surface area (Å²) in [7, 11) is 0. The third-order valence-corrected chi connectivity index (χ3v) is 8.61. The van der Waals surface area contributed by atoms with Crippen LogP contribution in [-0.4, -0.2) is 25.6 Å². The molecule has 2 atom stereocenters. The van der Waals surface area contributed by atoms with Gasteiger partial charge in [-0.15, -0.1) is 0 Å². The second kappa shape index (κ2) is 10.3. The molecule has 6 aromatic rings. The number of imidazole rings is 1. The van der Waals surface area contributed by atoms with Gasteiger partial charge in [0.1, 0.15) is 24.0 Å². The van der Waals surface area contributed by atoms with E-state index in [1.807, 2.05) is 86.6 Å². The molecule has 1 saturated carbocycles. The average molecular weight is 572 g/mol. The van der Waals surface area contributed by atoms with Gasteiger partial charge < -0.3 is 14.4 Å². The largest absolute Gasteiger partial charge is 0.487 e. The van der Waals surface area contributed by atoms with E-state index in [1.54, 1.807) is 12.1 Å². The number of carbonyl (C=O) groups is 1. The highest BCUT2D eigenvalue weighted by Crippen LogP contribution is 2.64. The number of aromatic nitrogens is 3. The van der Waals surface area contributed by atoms with Crippen LogP contribution < -0.4 is 4.74 Å². The number of para-hydroxylation sites is 1. The number of carboxylic acid groups (broad SMARTS) is 1. The number of nitrogens with zero attached hydrogens (tertiary/aromatic N) is 3. The smallest absolute Gasteiger partial charge is 0.307 e. The van der Waals surface area contributed by atoms with Crippen LogP contribution in [0.4, 0.5) is 4.39 Å². The van der Waals surface area contributed by atoms with Crippen molar-refractivity contribution < 1.29 is 19.0 Å². The number of fused-ring (bicyclic) bond motifs is 2. The van der Waals surface area contributed by atoms with Crippen LogP contribution >= 0.6 is 0 Å². The first-order valence-corrected chi connectivity index (χ1v) is 14.3. The zero-order valence-corrected chi connectivity index (χ0v) is 23.9. The minimum atomic E-state index is -0.807. The van der Waals surface area contributed by atoms with Crippen molar-refractivity contribution in [2.24, 2.45) is 11.3 Å². The quantitative estimate of drug-likeness (QED) is 0.201. The molecule has 43 heavy (non-hydrogen) atoms. The van der Waals surface area contributed by atoms with Gasteiger partial charge in [0.25, 0.3) is 0 Å². The predicted molar refractivity (Wildman–Crippen MR) is 164 cm³/mol. The number of hydrogen-bond acceptors (Lipinski definition) is 4. The first-order chi connectivity index (χ1) is 20.8. The third-order valence-electron chi connectivity index (χ3n) is 8.61. The number of carboxylic acids is 1. The van der Waals surface area contributed by atoms with Crippen molar-refractivity contribution >= 4 is 27.9 Å². The highest BCUT2D eigenvalue weighted by atomic mass is 19.1. The van der Waals surface area contributed by atoms with E-state index in [0.29, 0.717) is 18.9 Å². The van der Waals surface area contributed by atoms with Gasteiger partial charge in [0, 0.05) is 23.9 Å². The van der Waals surface area contributed by atoms with Crippen molar-refractivity contribution in [1.29, 1.82) is 0 Å². The van der Waals surface area contributed by atoms with Gasteiger partial charge in [0.15, 0.2) is 0 Å². The summed E-state index contributed by atoms with van der Waals surface area (Å²) in [5, 5.41) is 11.0. The molecule has 7 heteroatoms. The van der Waals surface area contributed by atoms with E-state index in [-0.39, 0.29) is 11.7 Å².